The molecule has 0 spiro atoms. The molecule has 1 atom stereocenters. The van der Waals surface area contributed by atoms with Gasteiger partial charge in [0.25, 0.3) is 5.91 Å². The van der Waals surface area contributed by atoms with E-state index >= 15 is 0 Å². The molecule has 0 aromatic heterocycles. The van der Waals surface area contributed by atoms with Crippen molar-refractivity contribution < 1.29 is 17.9 Å². The highest BCUT2D eigenvalue weighted by molar-refractivity contribution is 7.91. The number of hydrogen-bond acceptors (Lipinski definition) is 4. The second-order valence-electron chi connectivity index (χ2n) is 6.42. The van der Waals surface area contributed by atoms with Gasteiger partial charge >= 0.3 is 0 Å². The smallest absolute Gasteiger partial charge is 0.261 e. The summed E-state index contributed by atoms with van der Waals surface area (Å²) in [5.74, 6) is 0.191. The molecule has 144 valence electrons. The maximum atomic E-state index is 12.8. The number of para-hydroxylation sites is 1. The highest BCUT2D eigenvalue weighted by Crippen LogP contribution is 2.24. The van der Waals surface area contributed by atoms with E-state index in [-0.39, 0.29) is 30.1 Å². The maximum Gasteiger partial charge on any atom is 0.261 e. The largest absolute Gasteiger partial charge is 0.482 e. The number of hydrogen-bond donors (Lipinski definition) is 0. The number of ether oxygens (including phenoxy) is 1. The molecule has 1 fully saturated rings. The van der Waals surface area contributed by atoms with Crippen LogP contribution in [0.2, 0.25) is 10.0 Å². The standard InChI is InChI=1S/C19H19Cl2NO4S/c20-15-7-5-14(6-8-15)11-22(16-9-10-27(24,25)13-16)19(23)12-26-18-4-2-1-3-17(18)21/h1-8,16H,9-13H2. The van der Waals surface area contributed by atoms with Crippen LogP contribution in [-0.4, -0.2) is 43.4 Å². The Balaban J connectivity index is 1.75. The first-order valence-corrected chi connectivity index (χ1v) is 11.0. The van der Waals surface area contributed by atoms with Gasteiger partial charge in [-0.2, -0.15) is 0 Å². The van der Waals surface area contributed by atoms with Gasteiger partial charge in [-0.25, -0.2) is 8.42 Å². The topological polar surface area (TPSA) is 63.7 Å². The Kier molecular flexibility index (Phi) is 6.29. The van der Waals surface area contributed by atoms with E-state index in [2.05, 4.69) is 0 Å². The van der Waals surface area contributed by atoms with Gasteiger partial charge in [-0.1, -0.05) is 47.5 Å². The second-order valence-corrected chi connectivity index (χ2v) is 9.50. The zero-order valence-electron chi connectivity index (χ0n) is 14.5. The fraction of sp³-hybridized carbons (Fsp3) is 0.316. The van der Waals surface area contributed by atoms with Gasteiger partial charge in [0.2, 0.25) is 0 Å². The molecule has 0 bridgehead atoms. The zero-order chi connectivity index (χ0) is 19.4. The summed E-state index contributed by atoms with van der Waals surface area (Å²) < 4.78 is 29.3. The van der Waals surface area contributed by atoms with Gasteiger partial charge in [-0.15, -0.1) is 0 Å². The summed E-state index contributed by atoms with van der Waals surface area (Å²) >= 11 is 12.0. The molecule has 0 N–H and O–H groups in total. The molecule has 1 unspecified atom stereocenters. The molecule has 8 heteroatoms. The van der Waals surface area contributed by atoms with Crippen molar-refractivity contribution in [2.45, 2.75) is 19.0 Å². The van der Waals surface area contributed by atoms with Crippen LogP contribution in [-0.2, 0) is 21.2 Å². The van der Waals surface area contributed by atoms with Gasteiger partial charge < -0.3 is 9.64 Å². The summed E-state index contributed by atoms with van der Waals surface area (Å²) in [4.78, 5) is 14.4. The van der Waals surface area contributed by atoms with Crippen LogP contribution < -0.4 is 4.74 Å². The highest BCUT2D eigenvalue weighted by Gasteiger charge is 2.34. The molecule has 2 aromatic carbocycles. The third-order valence-corrected chi connectivity index (χ3v) is 6.74. The number of carbonyl (C=O) groups is 1. The molecule has 0 saturated carbocycles. The number of sulfone groups is 1. The van der Waals surface area contributed by atoms with E-state index in [9.17, 15) is 13.2 Å². The minimum absolute atomic E-state index is 0.0293. The Bertz CT molecular complexity index is 916. The van der Waals surface area contributed by atoms with Crippen molar-refractivity contribution in [3.05, 3.63) is 64.1 Å². The van der Waals surface area contributed by atoms with E-state index in [1.54, 1.807) is 41.3 Å². The number of amides is 1. The fourth-order valence-corrected chi connectivity index (χ4v) is 5.06. The number of halogens is 2. The third kappa shape index (κ3) is 5.37. The maximum absolute atomic E-state index is 12.8. The van der Waals surface area contributed by atoms with Crippen LogP contribution in [0.1, 0.15) is 12.0 Å². The summed E-state index contributed by atoms with van der Waals surface area (Å²) in [5, 5.41) is 1.01. The van der Waals surface area contributed by atoms with Crippen LogP contribution in [0.15, 0.2) is 48.5 Å². The third-order valence-electron chi connectivity index (χ3n) is 4.42. The van der Waals surface area contributed by atoms with Crippen LogP contribution >= 0.6 is 23.2 Å². The Morgan fingerprint density at radius 1 is 1.11 bits per heavy atom. The normalized spacial score (nSPS) is 18.2. The van der Waals surface area contributed by atoms with Crippen molar-refractivity contribution in [3.8, 4) is 5.75 Å². The quantitative estimate of drug-likeness (QED) is 0.706. The Morgan fingerprint density at radius 2 is 1.81 bits per heavy atom. The molecule has 2 aromatic rings. The van der Waals surface area contributed by atoms with E-state index in [0.717, 1.165) is 5.56 Å². The molecule has 5 nitrogen and oxygen atoms in total. The first-order valence-electron chi connectivity index (χ1n) is 8.46. The predicted octanol–water partition coefficient (Wildman–Crippen LogP) is 3.59. The predicted molar refractivity (Wildman–Crippen MR) is 106 cm³/mol. The summed E-state index contributed by atoms with van der Waals surface area (Å²) in [6.07, 6.45) is 0.424. The summed E-state index contributed by atoms with van der Waals surface area (Å²) in [7, 11) is -3.12. The van der Waals surface area contributed by atoms with Gasteiger partial charge in [0, 0.05) is 17.6 Å². The molecule has 1 aliphatic heterocycles. The van der Waals surface area contributed by atoms with E-state index in [0.29, 0.717) is 28.8 Å². The Labute approximate surface area is 168 Å². The van der Waals surface area contributed by atoms with E-state index in [4.69, 9.17) is 27.9 Å². The molecular formula is C19H19Cl2NO4S. The molecule has 0 radical (unpaired) electrons. The van der Waals surface area contributed by atoms with Crippen molar-refractivity contribution >= 4 is 38.9 Å². The molecule has 1 heterocycles. The van der Waals surface area contributed by atoms with Gasteiger partial charge in [0.1, 0.15) is 5.75 Å². The molecule has 1 saturated heterocycles. The minimum Gasteiger partial charge on any atom is -0.482 e. The van der Waals surface area contributed by atoms with Crippen molar-refractivity contribution in [1.29, 1.82) is 0 Å². The summed E-state index contributed by atoms with van der Waals surface area (Å²) in [5.41, 5.74) is 0.870. The lowest BCUT2D eigenvalue weighted by atomic mass is 10.1. The molecule has 1 amide bonds. The lowest BCUT2D eigenvalue weighted by molar-refractivity contribution is -0.136. The molecule has 0 aliphatic carbocycles. The lowest BCUT2D eigenvalue weighted by Gasteiger charge is -2.28. The molecular weight excluding hydrogens is 409 g/mol. The average Bonchev–Trinajstić information content (AvgIpc) is 3.00. The van der Waals surface area contributed by atoms with Gasteiger partial charge in [-0.05, 0) is 36.2 Å². The van der Waals surface area contributed by atoms with E-state index in [1.807, 2.05) is 12.1 Å². The monoisotopic (exact) mass is 427 g/mol. The van der Waals surface area contributed by atoms with E-state index < -0.39 is 9.84 Å². The van der Waals surface area contributed by atoms with Crippen molar-refractivity contribution in [2.24, 2.45) is 0 Å². The van der Waals surface area contributed by atoms with Crippen LogP contribution in [0, 0.1) is 0 Å². The van der Waals surface area contributed by atoms with Crippen molar-refractivity contribution in [3.63, 3.8) is 0 Å². The number of rotatable bonds is 6. The van der Waals surface area contributed by atoms with Crippen LogP contribution in [0.3, 0.4) is 0 Å². The summed E-state index contributed by atoms with van der Waals surface area (Å²) in [6.45, 7) is 0.0793. The lowest BCUT2D eigenvalue weighted by Crippen LogP contribution is -2.43. The first kappa shape index (κ1) is 20.0. The molecule has 1 aliphatic rings. The van der Waals surface area contributed by atoms with Crippen LogP contribution in [0.4, 0.5) is 0 Å². The second kappa shape index (κ2) is 8.50. The Hall–Kier alpha value is -1.76. The molecule has 27 heavy (non-hydrogen) atoms. The zero-order valence-corrected chi connectivity index (χ0v) is 16.8. The fourth-order valence-electron chi connectivity index (χ4n) is 3.01. The van der Waals surface area contributed by atoms with Gasteiger partial charge in [0.15, 0.2) is 16.4 Å². The number of nitrogens with zero attached hydrogens (tertiary/aromatic N) is 1. The number of benzene rings is 2. The number of carbonyl (C=O) groups excluding carboxylic acids is 1. The van der Waals surface area contributed by atoms with E-state index in [1.165, 1.54) is 0 Å². The average molecular weight is 428 g/mol. The SMILES string of the molecule is O=C(COc1ccccc1Cl)N(Cc1ccc(Cl)cc1)C1CCS(=O)(=O)C1. The Morgan fingerprint density at radius 3 is 2.44 bits per heavy atom. The first-order chi connectivity index (χ1) is 12.8. The highest BCUT2D eigenvalue weighted by atomic mass is 35.5. The van der Waals surface area contributed by atoms with Gasteiger partial charge in [-0.3, -0.25) is 4.79 Å². The summed E-state index contributed by atoms with van der Waals surface area (Å²) in [6, 6.07) is 13.6. The van der Waals surface area contributed by atoms with Crippen LogP contribution in [0.5, 0.6) is 5.75 Å². The van der Waals surface area contributed by atoms with Crippen molar-refractivity contribution in [1.82, 2.24) is 4.90 Å². The van der Waals surface area contributed by atoms with Crippen molar-refractivity contribution in [2.75, 3.05) is 18.1 Å². The van der Waals surface area contributed by atoms with Gasteiger partial charge in [0.05, 0.1) is 16.5 Å². The van der Waals surface area contributed by atoms with Crippen LogP contribution in [0.25, 0.3) is 0 Å². The minimum atomic E-state index is -3.12. The molecule has 3 rings (SSSR count).